The summed E-state index contributed by atoms with van der Waals surface area (Å²) in [5, 5.41) is 33.4. The molecule has 0 heterocycles. The third kappa shape index (κ3) is 653. The van der Waals surface area contributed by atoms with E-state index >= 15 is 0 Å². The molecule has 0 aromatic heterocycles. The molecular weight excluding hydrogens is 315 g/mol. The van der Waals surface area contributed by atoms with Gasteiger partial charge >= 0.3 is 5.97 Å². The zero-order chi connectivity index (χ0) is 19.4. The number of ketones is 1. The summed E-state index contributed by atoms with van der Waals surface area (Å²) in [6.45, 7) is 16.9. The van der Waals surface area contributed by atoms with E-state index in [1.807, 2.05) is 0 Å². The minimum atomic E-state index is -1.06. The van der Waals surface area contributed by atoms with Crippen LogP contribution >= 0.6 is 0 Å². The van der Waals surface area contributed by atoms with Crippen LogP contribution in [-0.4, -0.2) is 66.3 Å². The quantitative estimate of drug-likeness (QED) is 0.437. The van der Waals surface area contributed by atoms with E-state index in [2.05, 4.69) is 0 Å². The number of rotatable bonds is 2. The molecule has 23 heavy (non-hydrogen) atoms. The van der Waals surface area contributed by atoms with Gasteiger partial charge in [0.25, 0.3) is 0 Å². The number of aliphatic hydroxyl groups is 3. The van der Waals surface area contributed by atoms with Gasteiger partial charge in [0.2, 0.25) is 0 Å². The summed E-state index contributed by atoms with van der Waals surface area (Å²) in [7, 11) is 0. The molecule has 0 saturated heterocycles. The first-order valence-electron chi connectivity index (χ1n) is 7.01. The van der Waals surface area contributed by atoms with E-state index in [0.29, 0.717) is 0 Å². The molecule has 0 unspecified atom stereocenters. The Morgan fingerprint density at radius 1 is 0.696 bits per heavy atom. The van der Waals surface area contributed by atoms with E-state index in [9.17, 15) is 9.59 Å². The van der Waals surface area contributed by atoms with Gasteiger partial charge in [-0.3, -0.25) is 9.59 Å². The molecule has 0 aliphatic heterocycles. The first kappa shape index (κ1) is 34.0. The second-order valence-corrected chi connectivity index (χ2v) is 7.78. The number of hydrogen-bond donors (Lipinski definition) is 4. The summed E-state index contributed by atoms with van der Waals surface area (Å²) >= 11 is 0. The van der Waals surface area contributed by atoms with Gasteiger partial charge in [-0.2, -0.15) is 0 Å². The molecule has 0 aromatic rings. The van der Waals surface area contributed by atoms with Gasteiger partial charge in [0.15, 0.2) is 17.4 Å². The summed E-state index contributed by atoms with van der Waals surface area (Å²) in [5.74, 6) is -1.37. The maximum Gasteiger partial charge on any atom is 0.310 e. The summed E-state index contributed by atoms with van der Waals surface area (Å²) in [5.41, 5.74) is -1.50. The molecule has 142 valence electrons. The highest BCUT2D eigenvalue weighted by Gasteiger charge is 1.99. The van der Waals surface area contributed by atoms with Crippen LogP contribution in [-0.2, 0) is 9.59 Å². The van der Waals surface area contributed by atoms with Gasteiger partial charge in [-0.25, -0.2) is 0 Å². The van der Waals surface area contributed by atoms with Crippen LogP contribution in [0.2, 0.25) is 0 Å². The number of aliphatic carboxylic acids is 1. The van der Waals surface area contributed by atoms with Crippen molar-refractivity contribution in [3.8, 4) is 0 Å². The minimum Gasteiger partial charge on any atom is -0.481 e. The van der Waals surface area contributed by atoms with Gasteiger partial charge in [0, 0.05) is 0 Å². The van der Waals surface area contributed by atoms with Crippen molar-refractivity contribution in [2.75, 3.05) is 0 Å². The molecule has 0 aliphatic carbocycles. The molecule has 0 bridgehead atoms. The van der Waals surface area contributed by atoms with E-state index in [1.54, 1.807) is 62.3 Å². The van der Waals surface area contributed by atoms with Crippen LogP contribution in [0, 0.1) is 0 Å². The predicted octanol–water partition coefficient (Wildman–Crippen LogP) is 1.20. The molecule has 4 N–H and O–H groups in total. The van der Waals surface area contributed by atoms with Crippen LogP contribution in [0.3, 0.4) is 0 Å². The Hall–Kier alpha value is -0.448. The molecule has 7 heteroatoms. The lowest BCUT2D eigenvalue weighted by molar-refractivity contribution is -0.139. The molecule has 0 amide bonds. The molecule has 0 spiro atoms. The summed E-state index contributed by atoms with van der Waals surface area (Å²) < 4.78 is 0. The van der Waals surface area contributed by atoms with Gasteiger partial charge in [0.05, 0.1) is 16.8 Å². The van der Waals surface area contributed by atoms with Crippen molar-refractivity contribution in [1.82, 2.24) is 0 Å². The van der Waals surface area contributed by atoms with E-state index in [-0.39, 0.29) is 29.6 Å². The largest absolute Gasteiger partial charge is 0.481 e. The fourth-order valence-corrected chi connectivity index (χ4v) is 0.213. The third-order valence-corrected chi connectivity index (χ3v) is 0.400. The van der Waals surface area contributed by atoms with Crippen molar-refractivity contribution in [1.29, 1.82) is 0 Å². The van der Waals surface area contributed by atoms with Crippen molar-refractivity contribution >= 4 is 29.1 Å². The zero-order valence-corrected chi connectivity index (χ0v) is 15.8. The van der Waals surface area contributed by atoms with Crippen molar-refractivity contribution in [2.45, 2.75) is 92.5 Å². The van der Waals surface area contributed by atoms with E-state index in [1.165, 1.54) is 6.92 Å². The Morgan fingerprint density at radius 2 is 0.826 bits per heavy atom. The van der Waals surface area contributed by atoms with Crippen LogP contribution in [0.15, 0.2) is 0 Å². The molecule has 0 fully saturated rings. The lowest BCUT2D eigenvalue weighted by Crippen LogP contribution is -2.10. The maximum atomic E-state index is 9.87. The molecule has 6 nitrogen and oxygen atoms in total. The fourth-order valence-electron chi connectivity index (χ4n) is 0.213. The van der Waals surface area contributed by atoms with Crippen LogP contribution < -0.4 is 0 Å². The Morgan fingerprint density at radius 3 is 0.826 bits per heavy atom. The topological polar surface area (TPSA) is 115 Å². The molecule has 0 aromatic carbocycles. The standard InChI is InChI=1S/C4H6O3.3C4H10O.Al.3H/c1-3(5)2-4(6)7;3*1-4(2,3)5;;;;/h2H2,1H3,(H,6,7);3*5H,1-3H3;;;;. The van der Waals surface area contributed by atoms with E-state index < -0.39 is 22.8 Å². The second kappa shape index (κ2) is 15.1. The van der Waals surface area contributed by atoms with Crippen LogP contribution in [0.25, 0.3) is 0 Å². The SMILES string of the molecule is CC(=O)CC(=O)O.CC(C)(C)O.CC(C)(C)O.CC(C)(C)O.[AlH3]. The highest BCUT2D eigenvalue weighted by molar-refractivity contribution is 5.93. The van der Waals surface area contributed by atoms with E-state index in [0.717, 1.165) is 0 Å². The van der Waals surface area contributed by atoms with Crippen molar-refractivity contribution < 1.29 is 30.0 Å². The fraction of sp³-hybridized carbons (Fsp3) is 0.875. The Labute approximate surface area is 152 Å². The minimum absolute atomic E-state index is 0. The molecule has 0 aliphatic rings. The average Bonchev–Trinajstić information content (AvgIpc) is 1.87. The smallest absolute Gasteiger partial charge is 0.310 e. The van der Waals surface area contributed by atoms with Crippen LogP contribution in [0.1, 0.15) is 75.7 Å². The zero-order valence-electron chi connectivity index (χ0n) is 15.8. The third-order valence-electron chi connectivity index (χ3n) is 0.400. The molecule has 0 rings (SSSR count). The number of carboxylic acid groups (broad SMARTS) is 1. The summed E-state index contributed by atoms with van der Waals surface area (Å²) in [6.07, 6.45) is -0.361. The molecule has 0 atom stereocenters. The van der Waals surface area contributed by atoms with Crippen LogP contribution in [0.5, 0.6) is 0 Å². The van der Waals surface area contributed by atoms with Crippen molar-refractivity contribution in [2.24, 2.45) is 0 Å². The van der Waals surface area contributed by atoms with Crippen molar-refractivity contribution in [3.63, 3.8) is 0 Å². The number of carbonyl (C=O) groups excluding carboxylic acids is 1. The number of carbonyl (C=O) groups is 2. The Bertz CT molecular complexity index is 237. The first-order chi connectivity index (χ1) is 9.13. The number of carboxylic acids is 1. The molecule has 0 saturated carbocycles. The summed E-state index contributed by atoms with van der Waals surface area (Å²) in [4.78, 5) is 19.5. The maximum absolute atomic E-state index is 9.87. The highest BCUT2D eigenvalue weighted by atomic mass is 27.0. The monoisotopic (exact) mass is 354 g/mol. The normalized spacial score (nSPS) is 10.3. The first-order valence-corrected chi connectivity index (χ1v) is 7.01. The van der Waals surface area contributed by atoms with Gasteiger partial charge in [-0.05, 0) is 69.2 Å². The molecule has 0 radical (unpaired) electrons. The number of Topliss-reactive ketones (excluding diaryl/α,β-unsaturated/α-hetero) is 1. The lowest BCUT2D eigenvalue weighted by atomic mass is 10.2. The van der Waals surface area contributed by atoms with Crippen molar-refractivity contribution in [3.05, 3.63) is 0 Å². The Balaban J connectivity index is -0.0000000625. The van der Waals surface area contributed by atoms with Crippen LogP contribution in [0.4, 0.5) is 0 Å². The molecular formula is C16H39AlO6. The van der Waals surface area contributed by atoms with E-state index in [4.69, 9.17) is 20.4 Å². The summed E-state index contributed by atoms with van der Waals surface area (Å²) in [6, 6.07) is 0. The van der Waals surface area contributed by atoms with Gasteiger partial charge < -0.3 is 20.4 Å². The van der Waals surface area contributed by atoms with Gasteiger partial charge in [-0.1, -0.05) is 0 Å². The second-order valence-electron chi connectivity index (χ2n) is 7.78. The Kier molecular flexibility index (Phi) is 22.3. The highest BCUT2D eigenvalue weighted by Crippen LogP contribution is 1.94. The predicted molar refractivity (Wildman–Crippen MR) is 98.8 cm³/mol. The van der Waals surface area contributed by atoms with Gasteiger partial charge in [-0.15, -0.1) is 0 Å². The number of hydrogen-bond acceptors (Lipinski definition) is 5. The van der Waals surface area contributed by atoms with Gasteiger partial charge in [0.1, 0.15) is 12.2 Å². The average molecular weight is 354 g/mol. The lowest BCUT2D eigenvalue weighted by Gasteiger charge is -2.04.